The maximum atomic E-state index is 5.63. The van der Waals surface area contributed by atoms with Crippen LogP contribution in [0.15, 0.2) is 0 Å². The van der Waals surface area contributed by atoms with Gasteiger partial charge >= 0.3 is 0 Å². The fourth-order valence-corrected chi connectivity index (χ4v) is 2.13. The third-order valence-corrected chi connectivity index (χ3v) is 3.35. The van der Waals surface area contributed by atoms with E-state index in [9.17, 15) is 0 Å². The van der Waals surface area contributed by atoms with Crippen molar-refractivity contribution < 1.29 is 9.47 Å². The van der Waals surface area contributed by atoms with Crippen LogP contribution in [-0.2, 0) is 9.47 Å². The molecule has 0 saturated heterocycles. The Kier molecular flexibility index (Phi) is 15.9. The van der Waals surface area contributed by atoms with Crippen molar-refractivity contribution in [2.24, 2.45) is 0 Å². The van der Waals surface area contributed by atoms with E-state index in [1.807, 2.05) is 0 Å². The summed E-state index contributed by atoms with van der Waals surface area (Å²) in [5.41, 5.74) is 0. The number of ether oxygens (including phenoxy) is 2. The highest BCUT2D eigenvalue weighted by Crippen LogP contribution is 2.09. The van der Waals surface area contributed by atoms with Crippen LogP contribution < -0.4 is 0 Å². The van der Waals surface area contributed by atoms with Gasteiger partial charge in [0.1, 0.15) is 0 Å². The first-order valence-electron chi connectivity index (χ1n) is 8.50. The van der Waals surface area contributed by atoms with Crippen molar-refractivity contribution >= 4 is 0 Å². The number of rotatable bonds is 15. The summed E-state index contributed by atoms with van der Waals surface area (Å²) < 4.78 is 11.2. The van der Waals surface area contributed by atoms with Crippen LogP contribution in [-0.4, -0.2) is 25.9 Å². The molecule has 0 amide bonds. The van der Waals surface area contributed by atoms with Crippen LogP contribution >= 0.6 is 0 Å². The Labute approximate surface area is 121 Å². The first kappa shape index (κ1) is 18.9. The molecule has 0 radical (unpaired) electrons. The van der Waals surface area contributed by atoms with Crippen molar-refractivity contribution in [1.82, 2.24) is 0 Å². The average Bonchev–Trinajstić information content (AvgIpc) is 2.42. The highest BCUT2D eigenvalue weighted by Gasteiger charge is 2.00. The van der Waals surface area contributed by atoms with Gasteiger partial charge in [-0.15, -0.1) is 0 Å². The minimum Gasteiger partial charge on any atom is -0.379 e. The number of hydrogen-bond donors (Lipinski definition) is 0. The van der Waals surface area contributed by atoms with Gasteiger partial charge in [-0.25, -0.2) is 0 Å². The van der Waals surface area contributed by atoms with Gasteiger partial charge in [-0.3, -0.25) is 0 Å². The molecule has 0 aromatic carbocycles. The molecule has 0 aromatic rings. The van der Waals surface area contributed by atoms with Crippen molar-refractivity contribution in [3.63, 3.8) is 0 Å². The van der Waals surface area contributed by atoms with E-state index in [1.165, 1.54) is 57.8 Å². The van der Waals surface area contributed by atoms with E-state index in [1.54, 1.807) is 0 Å². The van der Waals surface area contributed by atoms with Crippen molar-refractivity contribution in [3.8, 4) is 0 Å². The first-order chi connectivity index (χ1) is 9.31. The Morgan fingerprint density at radius 2 is 1.26 bits per heavy atom. The van der Waals surface area contributed by atoms with Crippen LogP contribution in [0.4, 0.5) is 0 Å². The molecule has 2 nitrogen and oxygen atoms in total. The Bertz CT molecular complexity index is 159. The summed E-state index contributed by atoms with van der Waals surface area (Å²) >= 11 is 0. The number of unbranched alkanes of at least 4 members (excludes halogenated alkanes) is 8. The van der Waals surface area contributed by atoms with Crippen molar-refractivity contribution in [2.75, 3.05) is 19.8 Å². The molecule has 116 valence electrons. The molecule has 0 aromatic heterocycles. The normalized spacial score (nSPS) is 12.8. The molecule has 1 unspecified atom stereocenters. The Balaban J connectivity index is 3.02. The van der Waals surface area contributed by atoms with E-state index in [0.29, 0.717) is 0 Å². The van der Waals surface area contributed by atoms with Gasteiger partial charge in [0.25, 0.3) is 0 Å². The maximum absolute atomic E-state index is 5.63. The van der Waals surface area contributed by atoms with Gasteiger partial charge in [-0.2, -0.15) is 0 Å². The standard InChI is InChI=1S/C17H36O2/c1-4-6-7-8-9-10-11-12-13-15-18-16-17(3)19-14-5-2/h17H,4-16H2,1-3H3. The zero-order valence-corrected chi connectivity index (χ0v) is 13.6. The van der Waals surface area contributed by atoms with E-state index < -0.39 is 0 Å². The van der Waals surface area contributed by atoms with Gasteiger partial charge in [0, 0.05) is 13.2 Å². The van der Waals surface area contributed by atoms with E-state index in [0.717, 1.165) is 26.2 Å². The minimum absolute atomic E-state index is 0.249. The maximum Gasteiger partial charge on any atom is 0.0780 e. The van der Waals surface area contributed by atoms with Gasteiger partial charge in [0.2, 0.25) is 0 Å². The van der Waals surface area contributed by atoms with Gasteiger partial charge in [0.15, 0.2) is 0 Å². The molecule has 0 bridgehead atoms. The topological polar surface area (TPSA) is 18.5 Å². The fourth-order valence-electron chi connectivity index (χ4n) is 2.13. The van der Waals surface area contributed by atoms with Crippen LogP contribution in [0.1, 0.15) is 85.0 Å². The van der Waals surface area contributed by atoms with Gasteiger partial charge < -0.3 is 9.47 Å². The third-order valence-electron chi connectivity index (χ3n) is 3.35. The second kappa shape index (κ2) is 16.0. The molecule has 1 atom stereocenters. The lowest BCUT2D eigenvalue weighted by Gasteiger charge is -2.12. The Morgan fingerprint density at radius 3 is 1.84 bits per heavy atom. The lowest BCUT2D eigenvalue weighted by molar-refractivity contribution is -0.00715. The third kappa shape index (κ3) is 15.9. The molecule has 0 aliphatic carbocycles. The summed E-state index contributed by atoms with van der Waals surface area (Å²) in [4.78, 5) is 0. The van der Waals surface area contributed by atoms with Crippen LogP contribution in [0.3, 0.4) is 0 Å². The van der Waals surface area contributed by atoms with Crippen molar-refractivity contribution in [3.05, 3.63) is 0 Å². The van der Waals surface area contributed by atoms with E-state index in [2.05, 4.69) is 20.8 Å². The summed E-state index contributed by atoms with van der Waals surface area (Å²) in [5.74, 6) is 0. The van der Waals surface area contributed by atoms with Crippen LogP contribution in [0.2, 0.25) is 0 Å². The van der Waals surface area contributed by atoms with E-state index in [-0.39, 0.29) is 6.10 Å². The van der Waals surface area contributed by atoms with E-state index >= 15 is 0 Å². The lowest BCUT2D eigenvalue weighted by Crippen LogP contribution is -2.16. The summed E-state index contributed by atoms with van der Waals surface area (Å²) in [7, 11) is 0. The minimum atomic E-state index is 0.249. The van der Waals surface area contributed by atoms with Crippen LogP contribution in [0, 0.1) is 0 Å². The molecule has 0 N–H and O–H groups in total. The largest absolute Gasteiger partial charge is 0.379 e. The summed E-state index contributed by atoms with van der Waals surface area (Å²) in [6.45, 7) is 8.99. The highest BCUT2D eigenvalue weighted by atomic mass is 16.5. The summed E-state index contributed by atoms with van der Waals surface area (Å²) in [6, 6.07) is 0. The molecule has 19 heavy (non-hydrogen) atoms. The highest BCUT2D eigenvalue weighted by molar-refractivity contribution is 4.49. The number of hydrogen-bond acceptors (Lipinski definition) is 2. The molecule has 0 rings (SSSR count). The monoisotopic (exact) mass is 272 g/mol. The van der Waals surface area contributed by atoms with Gasteiger partial charge in [0.05, 0.1) is 12.7 Å². The first-order valence-corrected chi connectivity index (χ1v) is 8.50. The molecule has 0 fully saturated rings. The molecule has 0 aliphatic rings. The Morgan fingerprint density at radius 1 is 0.684 bits per heavy atom. The Hall–Kier alpha value is -0.0800. The van der Waals surface area contributed by atoms with Crippen LogP contribution in [0.5, 0.6) is 0 Å². The summed E-state index contributed by atoms with van der Waals surface area (Å²) in [6.07, 6.45) is 13.7. The van der Waals surface area contributed by atoms with Gasteiger partial charge in [-0.05, 0) is 19.8 Å². The molecular weight excluding hydrogens is 236 g/mol. The lowest BCUT2D eigenvalue weighted by atomic mass is 10.1. The smallest absolute Gasteiger partial charge is 0.0780 e. The fraction of sp³-hybridized carbons (Fsp3) is 1.00. The quantitative estimate of drug-likeness (QED) is 0.374. The average molecular weight is 272 g/mol. The van der Waals surface area contributed by atoms with E-state index in [4.69, 9.17) is 9.47 Å². The molecule has 0 saturated carbocycles. The molecular formula is C17H36O2. The predicted octanol–water partition coefficient (Wildman–Crippen LogP) is 5.35. The molecule has 0 spiro atoms. The van der Waals surface area contributed by atoms with Crippen molar-refractivity contribution in [2.45, 2.75) is 91.1 Å². The molecule has 0 heterocycles. The second-order valence-corrected chi connectivity index (χ2v) is 5.58. The molecule has 2 heteroatoms. The van der Waals surface area contributed by atoms with Gasteiger partial charge in [-0.1, -0.05) is 65.2 Å². The zero-order chi connectivity index (χ0) is 14.2. The predicted molar refractivity (Wildman–Crippen MR) is 83.8 cm³/mol. The van der Waals surface area contributed by atoms with Crippen molar-refractivity contribution in [1.29, 1.82) is 0 Å². The second-order valence-electron chi connectivity index (χ2n) is 5.58. The SMILES string of the molecule is CCCCCCCCCCCOCC(C)OCCC. The summed E-state index contributed by atoms with van der Waals surface area (Å²) in [5, 5.41) is 0. The molecule has 0 aliphatic heterocycles. The zero-order valence-electron chi connectivity index (χ0n) is 13.6. The van der Waals surface area contributed by atoms with Crippen LogP contribution in [0.25, 0.3) is 0 Å².